The van der Waals surface area contributed by atoms with Gasteiger partial charge in [-0.2, -0.15) is 0 Å². The number of hydrogen-bond acceptors (Lipinski definition) is 5. The van der Waals surface area contributed by atoms with Gasteiger partial charge < -0.3 is 5.73 Å². The summed E-state index contributed by atoms with van der Waals surface area (Å²) < 4.78 is 25.5. The molecule has 1 rings (SSSR count). The maximum absolute atomic E-state index is 11.7. The van der Waals surface area contributed by atoms with Gasteiger partial charge >= 0.3 is 0 Å². The fourth-order valence-corrected chi connectivity index (χ4v) is 2.90. The lowest BCUT2D eigenvalue weighted by Gasteiger charge is -2.19. The predicted octanol–water partition coefficient (Wildman–Crippen LogP) is 1.34. The molecule has 0 fully saturated rings. The van der Waals surface area contributed by atoms with Crippen LogP contribution >= 0.6 is 0 Å². The zero-order valence-electron chi connectivity index (χ0n) is 11.7. The quantitative estimate of drug-likeness (QED) is 0.607. The van der Waals surface area contributed by atoms with Crippen molar-refractivity contribution in [3.05, 3.63) is 33.9 Å². The van der Waals surface area contributed by atoms with Crippen molar-refractivity contribution in [2.75, 3.05) is 7.05 Å². The number of nitrogens with zero attached hydrogens (tertiary/aromatic N) is 1. The zero-order chi connectivity index (χ0) is 15.5. The highest BCUT2D eigenvalue weighted by Gasteiger charge is 2.26. The molecule has 2 unspecified atom stereocenters. The molecule has 0 spiro atoms. The van der Waals surface area contributed by atoms with Gasteiger partial charge in [0.2, 0.25) is 10.0 Å². The maximum Gasteiger partial charge on any atom is 0.274 e. The second kappa shape index (κ2) is 6.29. The molecule has 0 aliphatic heterocycles. The van der Waals surface area contributed by atoms with Crippen LogP contribution in [-0.2, 0) is 10.0 Å². The molecule has 20 heavy (non-hydrogen) atoms. The highest BCUT2D eigenvalue weighted by atomic mass is 32.2. The standard InChI is InChI=1S/C12H19N3O4S/c1-4-10(8(2)13)11-6-5-9(20(18,19)14-3)7-12(11)15(16)17/h5-8,10,14H,4,13H2,1-3H3. The largest absolute Gasteiger partial charge is 0.327 e. The SMILES string of the molecule is CCC(c1ccc(S(=O)(=O)NC)cc1[N+](=O)[O-])C(C)N. The van der Waals surface area contributed by atoms with Gasteiger partial charge in [-0.25, -0.2) is 13.1 Å². The van der Waals surface area contributed by atoms with Crippen LogP contribution in [0.2, 0.25) is 0 Å². The Balaban J connectivity index is 3.46. The number of nitrogens with one attached hydrogen (secondary N) is 1. The number of rotatable bonds is 6. The van der Waals surface area contributed by atoms with Crippen LogP contribution in [0.15, 0.2) is 23.1 Å². The van der Waals surface area contributed by atoms with E-state index in [0.29, 0.717) is 12.0 Å². The van der Waals surface area contributed by atoms with E-state index in [0.717, 1.165) is 6.07 Å². The Morgan fingerprint density at radius 3 is 2.45 bits per heavy atom. The molecule has 1 aromatic carbocycles. The van der Waals surface area contributed by atoms with Crippen molar-refractivity contribution in [3.63, 3.8) is 0 Å². The Kier molecular flexibility index (Phi) is 5.21. The van der Waals surface area contributed by atoms with Gasteiger partial charge in [0, 0.05) is 23.6 Å². The number of nitro benzene ring substituents is 1. The van der Waals surface area contributed by atoms with Crippen LogP contribution in [0.25, 0.3) is 0 Å². The van der Waals surface area contributed by atoms with Gasteiger partial charge in [0.15, 0.2) is 0 Å². The Morgan fingerprint density at radius 1 is 1.45 bits per heavy atom. The highest BCUT2D eigenvalue weighted by molar-refractivity contribution is 7.89. The average molecular weight is 301 g/mol. The van der Waals surface area contributed by atoms with E-state index >= 15 is 0 Å². The van der Waals surface area contributed by atoms with E-state index in [1.165, 1.54) is 19.2 Å². The molecule has 0 aliphatic rings. The molecule has 1 aromatic rings. The molecule has 0 amide bonds. The summed E-state index contributed by atoms with van der Waals surface area (Å²) in [5.41, 5.74) is 6.09. The second-order valence-electron chi connectivity index (χ2n) is 4.56. The van der Waals surface area contributed by atoms with Crippen molar-refractivity contribution in [2.24, 2.45) is 5.73 Å². The first kappa shape index (κ1) is 16.5. The maximum atomic E-state index is 11.7. The third-order valence-corrected chi connectivity index (χ3v) is 4.66. The minimum atomic E-state index is -3.71. The normalized spacial score (nSPS) is 14.8. The number of benzene rings is 1. The van der Waals surface area contributed by atoms with Crippen LogP contribution in [0.5, 0.6) is 0 Å². The summed E-state index contributed by atoms with van der Waals surface area (Å²) in [6.45, 7) is 3.66. The van der Waals surface area contributed by atoms with Crippen LogP contribution in [0.3, 0.4) is 0 Å². The van der Waals surface area contributed by atoms with Gasteiger partial charge in [-0.05, 0) is 26.5 Å². The van der Waals surface area contributed by atoms with Gasteiger partial charge in [-0.1, -0.05) is 13.0 Å². The lowest BCUT2D eigenvalue weighted by atomic mass is 9.89. The van der Waals surface area contributed by atoms with Gasteiger partial charge in [-0.15, -0.1) is 0 Å². The fourth-order valence-electron chi connectivity index (χ4n) is 2.16. The monoisotopic (exact) mass is 301 g/mol. The van der Waals surface area contributed by atoms with E-state index in [2.05, 4.69) is 4.72 Å². The molecule has 0 saturated carbocycles. The van der Waals surface area contributed by atoms with Gasteiger partial charge in [0.1, 0.15) is 0 Å². The number of nitro groups is 1. The van der Waals surface area contributed by atoms with E-state index in [9.17, 15) is 18.5 Å². The molecule has 0 radical (unpaired) electrons. The lowest BCUT2D eigenvalue weighted by molar-refractivity contribution is -0.386. The number of sulfonamides is 1. The molecular weight excluding hydrogens is 282 g/mol. The summed E-state index contributed by atoms with van der Waals surface area (Å²) in [5.74, 6) is -0.193. The molecule has 7 nitrogen and oxygen atoms in total. The summed E-state index contributed by atoms with van der Waals surface area (Å²) in [5, 5.41) is 11.2. The third-order valence-electron chi connectivity index (χ3n) is 3.25. The minimum Gasteiger partial charge on any atom is -0.327 e. The molecule has 0 saturated heterocycles. The van der Waals surface area contributed by atoms with Crippen LogP contribution < -0.4 is 10.5 Å². The second-order valence-corrected chi connectivity index (χ2v) is 6.45. The number of nitrogens with two attached hydrogens (primary N) is 1. The summed E-state index contributed by atoms with van der Waals surface area (Å²) >= 11 is 0. The number of hydrogen-bond donors (Lipinski definition) is 2. The van der Waals surface area contributed by atoms with E-state index < -0.39 is 14.9 Å². The Bertz CT molecular complexity index is 599. The van der Waals surface area contributed by atoms with Crippen LogP contribution in [-0.4, -0.2) is 26.4 Å². The Morgan fingerprint density at radius 2 is 2.05 bits per heavy atom. The molecule has 0 aliphatic carbocycles. The molecule has 0 bridgehead atoms. The summed E-state index contributed by atoms with van der Waals surface area (Å²) in [6, 6.07) is 3.65. The third kappa shape index (κ3) is 3.33. The minimum absolute atomic E-state index is 0.130. The van der Waals surface area contributed by atoms with Crippen LogP contribution in [0, 0.1) is 10.1 Å². The molecule has 0 aromatic heterocycles. The van der Waals surface area contributed by atoms with E-state index in [1.807, 2.05) is 6.92 Å². The smallest absolute Gasteiger partial charge is 0.274 e. The van der Waals surface area contributed by atoms with Crippen molar-refractivity contribution in [3.8, 4) is 0 Å². The van der Waals surface area contributed by atoms with Crippen LogP contribution in [0.1, 0.15) is 31.7 Å². The van der Waals surface area contributed by atoms with Crippen molar-refractivity contribution >= 4 is 15.7 Å². The summed E-state index contributed by atoms with van der Waals surface area (Å²) in [4.78, 5) is 10.5. The summed E-state index contributed by atoms with van der Waals surface area (Å²) in [7, 11) is -2.45. The van der Waals surface area contributed by atoms with Crippen molar-refractivity contribution < 1.29 is 13.3 Å². The predicted molar refractivity (Wildman–Crippen MR) is 76.0 cm³/mol. The topological polar surface area (TPSA) is 115 Å². The van der Waals surface area contributed by atoms with Gasteiger partial charge in [0.05, 0.1) is 9.82 Å². The van der Waals surface area contributed by atoms with Crippen molar-refractivity contribution in [2.45, 2.75) is 37.1 Å². The first-order valence-electron chi connectivity index (χ1n) is 6.22. The van der Waals surface area contributed by atoms with Crippen LogP contribution in [0.4, 0.5) is 5.69 Å². The lowest BCUT2D eigenvalue weighted by Crippen LogP contribution is -2.25. The summed E-state index contributed by atoms with van der Waals surface area (Å²) in [6.07, 6.45) is 0.636. The molecule has 8 heteroatoms. The molecular formula is C12H19N3O4S. The fraction of sp³-hybridized carbons (Fsp3) is 0.500. The average Bonchev–Trinajstić information content (AvgIpc) is 2.39. The van der Waals surface area contributed by atoms with Gasteiger partial charge in [-0.3, -0.25) is 10.1 Å². The Hall–Kier alpha value is -1.51. The van der Waals surface area contributed by atoms with E-state index in [4.69, 9.17) is 5.73 Å². The molecule has 0 heterocycles. The Labute approximate surface area is 118 Å². The van der Waals surface area contributed by atoms with Crippen molar-refractivity contribution in [1.82, 2.24) is 4.72 Å². The highest BCUT2D eigenvalue weighted by Crippen LogP contribution is 2.32. The van der Waals surface area contributed by atoms with Crippen molar-refractivity contribution in [1.29, 1.82) is 0 Å². The van der Waals surface area contributed by atoms with E-state index in [-0.39, 0.29) is 22.5 Å². The molecule has 2 atom stereocenters. The first-order valence-corrected chi connectivity index (χ1v) is 7.70. The zero-order valence-corrected chi connectivity index (χ0v) is 12.5. The van der Waals surface area contributed by atoms with E-state index in [1.54, 1.807) is 6.92 Å². The first-order chi connectivity index (χ1) is 9.24. The molecule has 112 valence electrons. The molecule has 3 N–H and O–H groups in total. The van der Waals surface area contributed by atoms with Gasteiger partial charge in [0.25, 0.3) is 5.69 Å².